The first-order chi connectivity index (χ1) is 9.04. The van der Waals surface area contributed by atoms with Crippen LogP contribution in [0.5, 0.6) is 0 Å². The Morgan fingerprint density at radius 3 is 2.74 bits per heavy atom. The van der Waals surface area contributed by atoms with Gasteiger partial charge in [0.05, 0.1) is 5.69 Å². The zero-order valence-corrected chi connectivity index (χ0v) is 12.0. The van der Waals surface area contributed by atoms with E-state index in [1.165, 1.54) is 0 Å². The van der Waals surface area contributed by atoms with Crippen LogP contribution in [0.1, 0.15) is 15.4 Å². The standard InChI is InChI=1S/C11H17N5O2S/c1-7-9(19-14-13-7)11(18)16-5-4-15(3)6-8(16)10(17)12-2/h8H,4-6H2,1-3H3,(H,12,17). The SMILES string of the molecule is CNC(=O)C1CN(C)CCN1C(=O)c1snnc1C. The van der Waals surface area contributed by atoms with Crippen molar-refractivity contribution in [1.29, 1.82) is 0 Å². The third-order valence-electron chi connectivity index (χ3n) is 3.24. The van der Waals surface area contributed by atoms with Gasteiger partial charge in [0.2, 0.25) is 5.91 Å². The van der Waals surface area contributed by atoms with Crippen molar-refractivity contribution in [2.75, 3.05) is 33.7 Å². The summed E-state index contributed by atoms with van der Waals surface area (Å²) in [5.74, 6) is -0.302. The highest BCUT2D eigenvalue weighted by Gasteiger charge is 2.35. The molecule has 2 amide bonds. The monoisotopic (exact) mass is 283 g/mol. The number of nitrogens with zero attached hydrogens (tertiary/aromatic N) is 4. The molecular formula is C11H17N5O2S. The van der Waals surface area contributed by atoms with E-state index < -0.39 is 6.04 Å². The van der Waals surface area contributed by atoms with Crippen LogP contribution in [0, 0.1) is 6.92 Å². The van der Waals surface area contributed by atoms with Crippen molar-refractivity contribution < 1.29 is 9.59 Å². The Morgan fingerprint density at radius 2 is 2.16 bits per heavy atom. The average Bonchev–Trinajstić information content (AvgIpc) is 2.83. The summed E-state index contributed by atoms with van der Waals surface area (Å²) in [4.78, 5) is 28.6. The highest BCUT2D eigenvalue weighted by atomic mass is 32.1. The van der Waals surface area contributed by atoms with E-state index >= 15 is 0 Å². The Morgan fingerprint density at radius 1 is 1.42 bits per heavy atom. The molecule has 1 aliphatic heterocycles. The summed E-state index contributed by atoms with van der Waals surface area (Å²) < 4.78 is 3.78. The Hall–Kier alpha value is -1.54. The number of carbonyl (C=O) groups excluding carboxylic acids is 2. The lowest BCUT2D eigenvalue weighted by Gasteiger charge is -2.38. The smallest absolute Gasteiger partial charge is 0.268 e. The van der Waals surface area contributed by atoms with Crippen LogP contribution in [0.2, 0.25) is 0 Å². The van der Waals surface area contributed by atoms with E-state index in [9.17, 15) is 9.59 Å². The number of piperazine rings is 1. The van der Waals surface area contributed by atoms with Gasteiger partial charge >= 0.3 is 0 Å². The summed E-state index contributed by atoms with van der Waals surface area (Å²) in [6, 6.07) is -0.460. The second-order valence-electron chi connectivity index (χ2n) is 4.58. The van der Waals surface area contributed by atoms with E-state index in [1.54, 1.807) is 18.9 Å². The molecule has 0 radical (unpaired) electrons. The van der Waals surface area contributed by atoms with Gasteiger partial charge in [-0.1, -0.05) is 4.49 Å². The number of amides is 2. The third kappa shape index (κ3) is 2.74. The molecule has 1 N–H and O–H groups in total. The fourth-order valence-corrected chi connectivity index (χ4v) is 2.72. The van der Waals surface area contributed by atoms with Gasteiger partial charge < -0.3 is 15.1 Å². The minimum atomic E-state index is -0.460. The molecule has 8 heteroatoms. The maximum atomic E-state index is 12.5. The number of hydrogen-bond donors (Lipinski definition) is 1. The van der Waals surface area contributed by atoms with Crippen molar-refractivity contribution in [2.45, 2.75) is 13.0 Å². The zero-order chi connectivity index (χ0) is 14.0. The molecule has 2 heterocycles. The lowest BCUT2D eigenvalue weighted by atomic mass is 10.1. The second-order valence-corrected chi connectivity index (χ2v) is 5.33. The number of aromatic nitrogens is 2. The van der Waals surface area contributed by atoms with E-state index in [1.807, 2.05) is 11.9 Å². The summed E-state index contributed by atoms with van der Waals surface area (Å²) in [5.41, 5.74) is 0.615. The molecule has 2 rings (SSSR count). The summed E-state index contributed by atoms with van der Waals surface area (Å²) in [6.45, 7) is 3.58. The normalized spacial score (nSPS) is 20.4. The zero-order valence-electron chi connectivity index (χ0n) is 11.2. The van der Waals surface area contributed by atoms with Crippen LogP contribution in [0.25, 0.3) is 0 Å². The number of nitrogens with one attached hydrogen (secondary N) is 1. The molecule has 0 aromatic carbocycles. The predicted molar refractivity (Wildman–Crippen MR) is 71.0 cm³/mol. The van der Waals surface area contributed by atoms with Gasteiger partial charge in [0.1, 0.15) is 10.9 Å². The summed E-state index contributed by atoms with van der Waals surface area (Å²) in [5, 5.41) is 6.46. The van der Waals surface area contributed by atoms with Gasteiger partial charge in [0.25, 0.3) is 5.91 Å². The topological polar surface area (TPSA) is 78.4 Å². The van der Waals surface area contributed by atoms with Crippen molar-refractivity contribution in [3.63, 3.8) is 0 Å². The Balaban J connectivity index is 2.23. The van der Waals surface area contributed by atoms with Crippen LogP contribution < -0.4 is 5.32 Å². The molecule has 1 fully saturated rings. The minimum Gasteiger partial charge on any atom is -0.357 e. The molecule has 0 bridgehead atoms. The number of rotatable bonds is 2. The quantitative estimate of drug-likeness (QED) is 0.780. The Bertz CT molecular complexity index is 489. The van der Waals surface area contributed by atoms with E-state index in [2.05, 4.69) is 14.9 Å². The lowest BCUT2D eigenvalue weighted by molar-refractivity contribution is -0.126. The molecule has 104 valence electrons. The molecule has 1 aliphatic rings. The van der Waals surface area contributed by atoms with Crippen LogP contribution in [0.4, 0.5) is 0 Å². The molecule has 1 atom stereocenters. The van der Waals surface area contributed by atoms with Crippen LogP contribution in [0.15, 0.2) is 0 Å². The summed E-state index contributed by atoms with van der Waals surface area (Å²) in [6.07, 6.45) is 0. The summed E-state index contributed by atoms with van der Waals surface area (Å²) in [7, 11) is 3.52. The van der Waals surface area contributed by atoms with Gasteiger partial charge in [-0.05, 0) is 25.5 Å². The minimum absolute atomic E-state index is 0.143. The van der Waals surface area contributed by atoms with Crippen LogP contribution in [0.3, 0.4) is 0 Å². The molecule has 7 nitrogen and oxygen atoms in total. The van der Waals surface area contributed by atoms with Gasteiger partial charge in [-0.25, -0.2) is 0 Å². The van der Waals surface area contributed by atoms with Gasteiger partial charge in [0, 0.05) is 26.7 Å². The van der Waals surface area contributed by atoms with Gasteiger partial charge in [0.15, 0.2) is 0 Å². The lowest BCUT2D eigenvalue weighted by Crippen LogP contribution is -2.59. The number of hydrogen-bond acceptors (Lipinski definition) is 6. The van der Waals surface area contributed by atoms with E-state index in [0.29, 0.717) is 23.7 Å². The van der Waals surface area contributed by atoms with Crippen LogP contribution >= 0.6 is 11.5 Å². The number of aryl methyl sites for hydroxylation is 1. The Labute approximate surface area is 115 Å². The fourth-order valence-electron chi connectivity index (χ4n) is 2.11. The predicted octanol–water partition coefficient (Wildman–Crippen LogP) is -0.651. The molecule has 1 aromatic rings. The average molecular weight is 283 g/mol. The van der Waals surface area contributed by atoms with E-state index in [-0.39, 0.29) is 11.8 Å². The molecule has 0 saturated carbocycles. The highest BCUT2D eigenvalue weighted by Crippen LogP contribution is 2.17. The molecule has 19 heavy (non-hydrogen) atoms. The van der Waals surface area contributed by atoms with E-state index in [0.717, 1.165) is 18.1 Å². The third-order valence-corrected chi connectivity index (χ3v) is 4.06. The van der Waals surface area contributed by atoms with E-state index in [4.69, 9.17) is 0 Å². The van der Waals surface area contributed by atoms with Crippen LogP contribution in [-0.2, 0) is 4.79 Å². The molecular weight excluding hydrogens is 266 g/mol. The number of carbonyl (C=O) groups is 2. The molecule has 1 saturated heterocycles. The maximum Gasteiger partial charge on any atom is 0.268 e. The summed E-state index contributed by atoms with van der Waals surface area (Å²) >= 11 is 1.08. The van der Waals surface area contributed by atoms with Crippen molar-refractivity contribution in [3.8, 4) is 0 Å². The van der Waals surface area contributed by atoms with Crippen molar-refractivity contribution in [1.82, 2.24) is 24.7 Å². The second kappa shape index (κ2) is 5.62. The molecule has 0 spiro atoms. The van der Waals surface area contributed by atoms with Crippen molar-refractivity contribution in [3.05, 3.63) is 10.6 Å². The first-order valence-corrected chi connectivity index (χ1v) is 6.82. The number of likely N-dealkylation sites (N-methyl/N-ethyl adjacent to an activating group) is 2. The molecule has 1 aromatic heterocycles. The first-order valence-electron chi connectivity index (χ1n) is 6.04. The van der Waals surface area contributed by atoms with Gasteiger partial charge in [-0.15, -0.1) is 5.10 Å². The molecule has 1 unspecified atom stereocenters. The van der Waals surface area contributed by atoms with Gasteiger partial charge in [-0.2, -0.15) is 0 Å². The fraction of sp³-hybridized carbons (Fsp3) is 0.636. The highest BCUT2D eigenvalue weighted by molar-refractivity contribution is 7.07. The largest absolute Gasteiger partial charge is 0.357 e. The van der Waals surface area contributed by atoms with Gasteiger partial charge in [-0.3, -0.25) is 9.59 Å². The van der Waals surface area contributed by atoms with Crippen molar-refractivity contribution in [2.24, 2.45) is 0 Å². The molecule has 0 aliphatic carbocycles. The van der Waals surface area contributed by atoms with Crippen LogP contribution in [-0.4, -0.2) is 71.0 Å². The first kappa shape index (κ1) is 13.9. The maximum absolute atomic E-state index is 12.5. The van der Waals surface area contributed by atoms with Crippen molar-refractivity contribution >= 4 is 23.3 Å². The Kier molecular flexibility index (Phi) is 4.11.